The number of likely N-dealkylation sites (N-methyl/N-ethyl adjacent to an activating group) is 1. The summed E-state index contributed by atoms with van der Waals surface area (Å²) in [4.78, 5) is 4.69. The van der Waals surface area contributed by atoms with Crippen molar-refractivity contribution in [3.8, 4) is 11.8 Å². The molecule has 0 unspecified atom stereocenters. The highest BCUT2D eigenvalue weighted by Crippen LogP contribution is 2.26. The Morgan fingerprint density at radius 2 is 2.00 bits per heavy atom. The molecule has 0 saturated carbocycles. The van der Waals surface area contributed by atoms with Crippen molar-refractivity contribution in [1.29, 1.82) is 5.26 Å². The number of methoxy groups -OCH3 is 1. The molecular weight excluding hydrogens is 226 g/mol. The highest BCUT2D eigenvalue weighted by atomic mass is 16.5. The number of anilines is 1. The molecule has 1 aliphatic heterocycles. The number of rotatable bonds is 3. The minimum absolute atomic E-state index is 0.723. The molecule has 0 amide bonds. The van der Waals surface area contributed by atoms with Gasteiger partial charge in [-0.15, -0.1) is 0 Å². The zero-order valence-corrected chi connectivity index (χ0v) is 11.0. The van der Waals surface area contributed by atoms with Gasteiger partial charge in [-0.05, 0) is 18.7 Å². The summed E-state index contributed by atoms with van der Waals surface area (Å²) in [6.45, 7) is 7.32. The predicted molar refractivity (Wildman–Crippen MR) is 72.0 cm³/mol. The zero-order valence-electron chi connectivity index (χ0n) is 11.0. The van der Waals surface area contributed by atoms with Crippen LogP contribution in [-0.2, 0) is 0 Å². The lowest BCUT2D eigenvalue weighted by molar-refractivity contribution is 0.271. The van der Waals surface area contributed by atoms with Crippen molar-refractivity contribution in [2.45, 2.75) is 6.92 Å². The maximum Gasteiger partial charge on any atom is 0.121 e. The largest absolute Gasteiger partial charge is 0.497 e. The minimum Gasteiger partial charge on any atom is -0.497 e. The number of piperazine rings is 1. The lowest BCUT2D eigenvalue weighted by atomic mass is 10.1. The fourth-order valence-corrected chi connectivity index (χ4v) is 2.30. The van der Waals surface area contributed by atoms with Gasteiger partial charge in [-0.2, -0.15) is 5.26 Å². The van der Waals surface area contributed by atoms with E-state index in [-0.39, 0.29) is 0 Å². The minimum atomic E-state index is 0.723. The van der Waals surface area contributed by atoms with Gasteiger partial charge in [0.2, 0.25) is 0 Å². The Labute approximate surface area is 108 Å². The van der Waals surface area contributed by atoms with Crippen molar-refractivity contribution < 1.29 is 4.74 Å². The molecule has 0 spiro atoms. The monoisotopic (exact) mass is 245 g/mol. The van der Waals surface area contributed by atoms with E-state index in [1.165, 1.54) is 0 Å². The highest BCUT2D eigenvalue weighted by molar-refractivity contribution is 5.62. The number of benzene rings is 1. The summed E-state index contributed by atoms with van der Waals surface area (Å²) in [7, 11) is 1.65. The number of hydrogen-bond donors (Lipinski definition) is 0. The SMILES string of the molecule is CCN1CCN(c2cc(OC)ccc2C#N)CC1. The van der Waals surface area contributed by atoms with Gasteiger partial charge in [-0.25, -0.2) is 0 Å². The summed E-state index contributed by atoms with van der Waals surface area (Å²) >= 11 is 0. The molecule has 0 aromatic heterocycles. The first kappa shape index (κ1) is 12.7. The van der Waals surface area contributed by atoms with Gasteiger partial charge >= 0.3 is 0 Å². The number of ether oxygens (including phenoxy) is 1. The van der Waals surface area contributed by atoms with E-state index in [9.17, 15) is 5.26 Å². The van der Waals surface area contributed by atoms with Crippen LogP contribution in [0.5, 0.6) is 5.75 Å². The van der Waals surface area contributed by atoms with Crippen molar-refractivity contribution in [3.63, 3.8) is 0 Å². The third-order valence-corrected chi connectivity index (χ3v) is 3.49. The molecule has 2 rings (SSSR count). The van der Waals surface area contributed by atoms with E-state index in [2.05, 4.69) is 22.8 Å². The van der Waals surface area contributed by atoms with E-state index >= 15 is 0 Å². The van der Waals surface area contributed by atoms with E-state index in [1.54, 1.807) is 7.11 Å². The molecule has 0 bridgehead atoms. The van der Waals surface area contributed by atoms with Crippen LogP contribution < -0.4 is 9.64 Å². The number of nitrogens with zero attached hydrogens (tertiary/aromatic N) is 3. The smallest absolute Gasteiger partial charge is 0.121 e. The van der Waals surface area contributed by atoms with Crippen LogP contribution in [0.15, 0.2) is 18.2 Å². The van der Waals surface area contributed by atoms with Crippen LogP contribution in [0.2, 0.25) is 0 Å². The second kappa shape index (κ2) is 5.74. The van der Waals surface area contributed by atoms with Crippen LogP contribution in [0.25, 0.3) is 0 Å². The van der Waals surface area contributed by atoms with Gasteiger partial charge < -0.3 is 14.5 Å². The summed E-state index contributed by atoms with van der Waals surface area (Å²) in [6, 6.07) is 7.89. The van der Waals surface area contributed by atoms with Gasteiger partial charge in [0.1, 0.15) is 11.8 Å². The summed E-state index contributed by atoms with van der Waals surface area (Å²) in [5, 5.41) is 9.18. The third-order valence-electron chi connectivity index (χ3n) is 3.49. The van der Waals surface area contributed by atoms with Crippen molar-refractivity contribution in [2.24, 2.45) is 0 Å². The molecular formula is C14H19N3O. The fourth-order valence-electron chi connectivity index (χ4n) is 2.30. The Hall–Kier alpha value is -1.73. The molecule has 0 atom stereocenters. The maximum atomic E-state index is 9.18. The highest BCUT2D eigenvalue weighted by Gasteiger charge is 2.18. The Balaban J connectivity index is 2.20. The van der Waals surface area contributed by atoms with Crippen LogP contribution in [0.3, 0.4) is 0 Å². The Kier molecular flexibility index (Phi) is 4.06. The van der Waals surface area contributed by atoms with Crippen molar-refractivity contribution in [1.82, 2.24) is 4.90 Å². The van der Waals surface area contributed by atoms with Crippen molar-refractivity contribution in [2.75, 3.05) is 44.7 Å². The Bertz CT molecular complexity index is 445. The van der Waals surface area contributed by atoms with Crippen molar-refractivity contribution >= 4 is 5.69 Å². The molecule has 4 heteroatoms. The molecule has 4 nitrogen and oxygen atoms in total. The second-order valence-corrected chi connectivity index (χ2v) is 4.42. The van der Waals surface area contributed by atoms with Crippen LogP contribution in [0.4, 0.5) is 5.69 Å². The Morgan fingerprint density at radius 3 is 2.56 bits per heavy atom. The predicted octanol–water partition coefficient (Wildman–Crippen LogP) is 1.71. The average Bonchev–Trinajstić information content (AvgIpc) is 2.46. The summed E-state index contributed by atoms with van der Waals surface area (Å²) in [6.07, 6.45) is 0. The van der Waals surface area contributed by atoms with Crippen LogP contribution >= 0.6 is 0 Å². The molecule has 1 heterocycles. The Morgan fingerprint density at radius 1 is 1.28 bits per heavy atom. The molecule has 18 heavy (non-hydrogen) atoms. The van der Waals surface area contributed by atoms with Crippen LogP contribution in [0, 0.1) is 11.3 Å². The molecule has 1 aromatic carbocycles. The molecule has 1 aliphatic rings. The zero-order chi connectivity index (χ0) is 13.0. The van der Waals surface area contributed by atoms with Gasteiger partial charge in [0.25, 0.3) is 0 Å². The molecule has 0 N–H and O–H groups in total. The maximum absolute atomic E-state index is 9.18. The van der Waals surface area contributed by atoms with E-state index in [1.807, 2.05) is 18.2 Å². The lowest BCUT2D eigenvalue weighted by Gasteiger charge is -2.36. The van der Waals surface area contributed by atoms with E-state index in [0.29, 0.717) is 0 Å². The molecule has 1 saturated heterocycles. The standard InChI is InChI=1S/C14H19N3O/c1-3-16-6-8-17(9-7-16)14-10-13(18-2)5-4-12(14)11-15/h4-5,10H,3,6-9H2,1-2H3. The van der Waals surface area contributed by atoms with E-state index in [0.717, 1.165) is 49.7 Å². The van der Waals surface area contributed by atoms with E-state index in [4.69, 9.17) is 4.74 Å². The van der Waals surface area contributed by atoms with E-state index < -0.39 is 0 Å². The van der Waals surface area contributed by atoms with Gasteiger partial charge in [0.15, 0.2) is 0 Å². The normalized spacial score (nSPS) is 16.4. The molecule has 96 valence electrons. The summed E-state index contributed by atoms with van der Waals surface area (Å²) < 4.78 is 5.24. The third kappa shape index (κ3) is 2.57. The fraction of sp³-hybridized carbons (Fsp3) is 0.500. The van der Waals surface area contributed by atoms with Gasteiger partial charge in [0, 0.05) is 32.2 Å². The summed E-state index contributed by atoms with van der Waals surface area (Å²) in [5.41, 5.74) is 1.72. The van der Waals surface area contributed by atoms with Gasteiger partial charge in [-0.1, -0.05) is 6.92 Å². The first-order valence-electron chi connectivity index (χ1n) is 6.34. The molecule has 0 radical (unpaired) electrons. The first-order valence-corrected chi connectivity index (χ1v) is 6.34. The van der Waals surface area contributed by atoms with Crippen LogP contribution in [-0.4, -0.2) is 44.7 Å². The topological polar surface area (TPSA) is 39.5 Å². The number of nitriles is 1. The number of hydrogen-bond acceptors (Lipinski definition) is 4. The molecule has 1 fully saturated rings. The first-order chi connectivity index (χ1) is 8.78. The van der Waals surface area contributed by atoms with Crippen LogP contribution in [0.1, 0.15) is 12.5 Å². The van der Waals surface area contributed by atoms with Crippen molar-refractivity contribution in [3.05, 3.63) is 23.8 Å². The van der Waals surface area contributed by atoms with Gasteiger partial charge in [-0.3, -0.25) is 0 Å². The summed E-state index contributed by atoms with van der Waals surface area (Å²) in [5.74, 6) is 0.807. The quantitative estimate of drug-likeness (QED) is 0.812. The second-order valence-electron chi connectivity index (χ2n) is 4.42. The average molecular weight is 245 g/mol. The lowest BCUT2D eigenvalue weighted by Crippen LogP contribution is -2.46. The molecule has 1 aromatic rings. The van der Waals surface area contributed by atoms with Gasteiger partial charge in [0.05, 0.1) is 18.4 Å². The molecule has 0 aliphatic carbocycles.